The molecule has 1 aromatic carbocycles. The number of likely N-dealkylation sites (tertiary alicyclic amines) is 1. The lowest BCUT2D eigenvalue weighted by Crippen LogP contribution is -2.42. The molecule has 32 heavy (non-hydrogen) atoms. The number of benzene rings is 1. The maximum Gasteiger partial charge on any atom is 0.256 e. The van der Waals surface area contributed by atoms with Gasteiger partial charge in [0.25, 0.3) is 5.56 Å². The molecule has 0 unspecified atom stereocenters. The van der Waals surface area contributed by atoms with Gasteiger partial charge in [0, 0.05) is 17.9 Å². The number of ether oxygens (including phenoxy) is 1. The van der Waals surface area contributed by atoms with Crippen molar-refractivity contribution in [3.63, 3.8) is 0 Å². The fourth-order valence-corrected chi connectivity index (χ4v) is 4.09. The molecule has 1 fully saturated rings. The molecule has 0 atom stereocenters. The Bertz CT molecular complexity index is 1070. The molecule has 4 rings (SSSR count). The van der Waals surface area contributed by atoms with Crippen LogP contribution in [0.2, 0.25) is 0 Å². The molecule has 1 aromatic heterocycles. The van der Waals surface area contributed by atoms with E-state index in [-0.39, 0.29) is 54.4 Å². The lowest BCUT2D eigenvalue weighted by atomic mass is 9.89. The van der Waals surface area contributed by atoms with Gasteiger partial charge in [-0.05, 0) is 44.1 Å². The molecule has 0 saturated carbocycles. The lowest BCUT2D eigenvalue weighted by molar-refractivity contribution is -0.122. The van der Waals surface area contributed by atoms with Crippen molar-refractivity contribution in [1.82, 2.24) is 20.2 Å². The molecule has 1 saturated heterocycles. The highest BCUT2D eigenvalue weighted by Gasteiger charge is 2.27. The number of nitrogens with one attached hydrogen (secondary N) is 2. The zero-order valence-corrected chi connectivity index (χ0v) is 17.6. The van der Waals surface area contributed by atoms with Crippen LogP contribution in [-0.2, 0) is 29.1 Å². The average molecular weight is 442 g/mol. The zero-order valence-electron chi connectivity index (χ0n) is 17.6. The van der Waals surface area contributed by atoms with Crippen LogP contribution in [0.5, 0.6) is 11.5 Å². The number of H-pyrrole nitrogens is 1. The predicted molar refractivity (Wildman–Crippen MR) is 113 cm³/mol. The number of ketones is 1. The smallest absolute Gasteiger partial charge is 0.256 e. The van der Waals surface area contributed by atoms with Gasteiger partial charge in [0.1, 0.15) is 5.82 Å². The van der Waals surface area contributed by atoms with Gasteiger partial charge in [-0.1, -0.05) is 0 Å². The summed E-state index contributed by atoms with van der Waals surface area (Å²) in [5, 5.41) is 21.8. The Labute approximate surface area is 184 Å². The van der Waals surface area contributed by atoms with Gasteiger partial charge in [0.05, 0.1) is 37.6 Å². The van der Waals surface area contributed by atoms with Crippen LogP contribution in [-0.4, -0.2) is 63.0 Å². The van der Waals surface area contributed by atoms with Crippen molar-refractivity contribution in [2.45, 2.75) is 32.4 Å². The first-order valence-electron chi connectivity index (χ1n) is 10.6. The van der Waals surface area contributed by atoms with Gasteiger partial charge >= 0.3 is 0 Å². The van der Waals surface area contributed by atoms with E-state index in [0.717, 1.165) is 5.69 Å². The number of piperidine rings is 1. The average Bonchev–Trinajstić information content (AvgIpc) is 2.79. The second-order valence-electron chi connectivity index (χ2n) is 8.14. The number of carbonyl (C=O) groups is 2. The summed E-state index contributed by atoms with van der Waals surface area (Å²) in [6, 6.07) is 4.09. The van der Waals surface area contributed by atoms with Crippen LogP contribution in [0.3, 0.4) is 0 Å². The summed E-state index contributed by atoms with van der Waals surface area (Å²) in [5.41, 5.74) is 1.41. The molecule has 0 aliphatic carbocycles. The van der Waals surface area contributed by atoms with E-state index in [1.54, 1.807) is 0 Å². The number of amides is 1. The van der Waals surface area contributed by atoms with Gasteiger partial charge in [-0.25, -0.2) is 4.98 Å². The second-order valence-corrected chi connectivity index (χ2v) is 8.14. The minimum Gasteiger partial charge on any atom is -0.504 e. The van der Waals surface area contributed by atoms with Crippen molar-refractivity contribution < 1.29 is 24.5 Å². The van der Waals surface area contributed by atoms with Crippen molar-refractivity contribution in [3.8, 4) is 11.5 Å². The van der Waals surface area contributed by atoms with Gasteiger partial charge in [-0.15, -0.1) is 0 Å². The van der Waals surface area contributed by atoms with E-state index in [2.05, 4.69) is 15.3 Å². The zero-order chi connectivity index (χ0) is 22.7. The third-order valence-electron chi connectivity index (χ3n) is 5.92. The molecule has 0 spiro atoms. The third-order valence-corrected chi connectivity index (χ3v) is 5.92. The topological polar surface area (TPSA) is 145 Å². The highest BCUT2D eigenvalue weighted by Crippen LogP contribution is 2.28. The SMILES string of the molecule is O=C(CN1CCC(C(=O)c2ccc(O)c(O)c2)CC1)NCc1nc2c(c(=O)[nH]1)COCC2. The molecule has 2 aliphatic heterocycles. The number of aromatic nitrogens is 2. The maximum absolute atomic E-state index is 12.6. The predicted octanol–water partition coefficient (Wildman–Crippen LogP) is 0.465. The third kappa shape index (κ3) is 4.97. The van der Waals surface area contributed by atoms with Crippen LogP contribution < -0.4 is 10.9 Å². The summed E-state index contributed by atoms with van der Waals surface area (Å²) < 4.78 is 5.28. The maximum atomic E-state index is 12.6. The number of carbonyl (C=O) groups excluding carboxylic acids is 2. The van der Waals surface area contributed by atoms with Gasteiger partial charge in [0.2, 0.25) is 5.91 Å². The fraction of sp³-hybridized carbons (Fsp3) is 0.455. The monoisotopic (exact) mass is 442 g/mol. The Morgan fingerprint density at radius 1 is 1.22 bits per heavy atom. The van der Waals surface area contributed by atoms with E-state index in [1.165, 1.54) is 18.2 Å². The molecule has 170 valence electrons. The summed E-state index contributed by atoms with van der Waals surface area (Å²) in [6.07, 6.45) is 1.79. The van der Waals surface area contributed by atoms with Crippen molar-refractivity contribution in [3.05, 3.63) is 51.2 Å². The summed E-state index contributed by atoms with van der Waals surface area (Å²) >= 11 is 0. The second kappa shape index (κ2) is 9.49. The Kier molecular flexibility index (Phi) is 6.52. The lowest BCUT2D eigenvalue weighted by Gasteiger charge is -2.30. The van der Waals surface area contributed by atoms with Gasteiger partial charge in [-0.3, -0.25) is 19.3 Å². The first-order valence-corrected chi connectivity index (χ1v) is 10.6. The number of nitrogens with zero attached hydrogens (tertiary/aromatic N) is 2. The Hall–Kier alpha value is -3.24. The van der Waals surface area contributed by atoms with Crippen molar-refractivity contribution in [1.29, 1.82) is 0 Å². The van der Waals surface area contributed by atoms with E-state index >= 15 is 0 Å². The van der Waals surface area contributed by atoms with Crippen molar-refractivity contribution in [2.24, 2.45) is 5.92 Å². The highest BCUT2D eigenvalue weighted by atomic mass is 16.5. The minimum absolute atomic E-state index is 0.0720. The Morgan fingerprint density at radius 3 is 2.75 bits per heavy atom. The number of aromatic hydroxyl groups is 2. The summed E-state index contributed by atoms with van der Waals surface area (Å²) in [6.45, 7) is 2.33. The number of Topliss-reactive ketones (excluding diaryl/α,β-unsaturated/α-hetero) is 1. The Balaban J connectivity index is 1.25. The molecule has 10 heteroatoms. The van der Waals surface area contributed by atoms with Crippen LogP contribution in [0.25, 0.3) is 0 Å². The van der Waals surface area contributed by atoms with Crippen LogP contribution in [0, 0.1) is 5.92 Å². The summed E-state index contributed by atoms with van der Waals surface area (Å²) in [5.74, 6) is -0.587. The minimum atomic E-state index is -0.312. The van der Waals surface area contributed by atoms with E-state index in [9.17, 15) is 24.6 Å². The van der Waals surface area contributed by atoms with Gasteiger partial charge in [0.15, 0.2) is 17.3 Å². The molecule has 0 radical (unpaired) electrons. The normalized spacial score (nSPS) is 17.0. The van der Waals surface area contributed by atoms with E-state index in [1.807, 2.05) is 4.90 Å². The summed E-state index contributed by atoms with van der Waals surface area (Å²) in [7, 11) is 0. The molecule has 4 N–H and O–H groups in total. The van der Waals surface area contributed by atoms with E-state index in [0.29, 0.717) is 55.9 Å². The first kappa shape index (κ1) is 22.0. The van der Waals surface area contributed by atoms with Crippen molar-refractivity contribution >= 4 is 11.7 Å². The molecule has 1 amide bonds. The number of hydrogen-bond donors (Lipinski definition) is 4. The number of phenolic OH excluding ortho intramolecular Hbond substituents is 2. The van der Waals surface area contributed by atoms with E-state index < -0.39 is 0 Å². The Morgan fingerprint density at radius 2 is 2.00 bits per heavy atom. The van der Waals surface area contributed by atoms with Crippen LogP contribution in [0.1, 0.15) is 40.3 Å². The molecular formula is C22H26N4O6. The molecular weight excluding hydrogens is 416 g/mol. The van der Waals surface area contributed by atoms with Crippen LogP contribution in [0.15, 0.2) is 23.0 Å². The number of aromatic amines is 1. The van der Waals surface area contributed by atoms with Crippen LogP contribution >= 0.6 is 0 Å². The number of fused-ring (bicyclic) bond motifs is 1. The number of rotatable bonds is 6. The molecule has 10 nitrogen and oxygen atoms in total. The molecule has 2 aliphatic rings. The first-order chi connectivity index (χ1) is 15.4. The number of hydrogen-bond acceptors (Lipinski definition) is 8. The highest BCUT2D eigenvalue weighted by molar-refractivity contribution is 5.98. The van der Waals surface area contributed by atoms with Crippen LogP contribution in [0.4, 0.5) is 0 Å². The van der Waals surface area contributed by atoms with Gasteiger partial charge < -0.3 is 25.3 Å². The molecule has 0 bridgehead atoms. The molecule has 3 heterocycles. The van der Waals surface area contributed by atoms with E-state index in [4.69, 9.17) is 4.74 Å². The molecule has 2 aromatic rings. The quantitative estimate of drug-likeness (QED) is 0.373. The number of phenols is 2. The van der Waals surface area contributed by atoms with Gasteiger partial charge in [-0.2, -0.15) is 0 Å². The standard InChI is InChI=1S/C22H26N4O6/c27-17-2-1-14(9-18(17)28)21(30)13-3-6-26(7-4-13)11-20(29)23-10-19-24-16-5-8-32-12-15(16)22(31)25-19/h1-2,9,13,27-28H,3-8,10-12H2,(H,23,29)(H,24,25,31). The van der Waals surface area contributed by atoms with Crippen molar-refractivity contribution in [2.75, 3.05) is 26.2 Å². The fourth-order valence-electron chi connectivity index (χ4n) is 4.09. The summed E-state index contributed by atoms with van der Waals surface area (Å²) in [4.78, 5) is 46.2. The largest absolute Gasteiger partial charge is 0.504 e.